The third-order valence-electron chi connectivity index (χ3n) is 7.69. The molecule has 2 aromatic carbocycles. The number of likely N-dealkylation sites (tertiary alicyclic amines) is 1. The number of nitrogens with zero attached hydrogens (tertiary/aromatic N) is 5. The molecule has 0 radical (unpaired) electrons. The molecule has 1 amide bonds. The molecule has 0 unspecified atom stereocenters. The highest BCUT2D eigenvalue weighted by molar-refractivity contribution is 5.99. The zero-order valence-electron chi connectivity index (χ0n) is 24.4. The molecule has 1 fully saturated rings. The van der Waals surface area contributed by atoms with Crippen LogP contribution in [0.1, 0.15) is 64.5 Å². The number of aromatic nitrogens is 4. The van der Waals surface area contributed by atoms with Crippen molar-refractivity contribution in [2.24, 2.45) is 7.05 Å². The van der Waals surface area contributed by atoms with Crippen molar-refractivity contribution in [2.75, 3.05) is 20.2 Å². The predicted octanol–water partition coefficient (Wildman–Crippen LogP) is 6.19. The van der Waals surface area contributed by atoms with Crippen LogP contribution in [-0.4, -0.2) is 62.3 Å². The normalized spacial score (nSPS) is 14.6. The first-order valence-corrected chi connectivity index (χ1v) is 14.2. The van der Waals surface area contributed by atoms with Crippen molar-refractivity contribution in [2.45, 2.75) is 70.9 Å². The SMILES string of the molecule is COC(=O)CCCCn1nc(C2CCN(C(=O)OC(C)(C)C)CC2)c2c(-c3cc4c(cnn4C)cc3F)cccc21. The molecule has 5 rings (SSSR count). The van der Waals surface area contributed by atoms with E-state index < -0.39 is 5.60 Å². The number of amides is 1. The van der Waals surface area contributed by atoms with E-state index in [1.54, 1.807) is 15.8 Å². The van der Waals surface area contributed by atoms with Crippen LogP contribution in [0.2, 0.25) is 0 Å². The van der Waals surface area contributed by atoms with E-state index in [2.05, 4.69) is 5.10 Å². The van der Waals surface area contributed by atoms with Gasteiger partial charge in [0.05, 0.1) is 30.0 Å². The Labute approximate surface area is 239 Å². The zero-order valence-corrected chi connectivity index (χ0v) is 24.4. The molecule has 3 heterocycles. The Bertz CT molecular complexity index is 1580. The molecule has 0 N–H and O–H groups in total. The molecular formula is C31H38FN5O4. The minimum Gasteiger partial charge on any atom is -0.469 e. The lowest BCUT2D eigenvalue weighted by molar-refractivity contribution is -0.140. The van der Waals surface area contributed by atoms with Crippen LogP contribution in [-0.2, 0) is 27.9 Å². The Morgan fingerprint density at radius 3 is 2.54 bits per heavy atom. The molecule has 0 saturated carbocycles. The highest BCUT2D eigenvalue weighted by Gasteiger charge is 2.31. The Morgan fingerprint density at radius 2 is 1.83 bits per heavy atom. The minimum absolute atomic E-state index is 0.0946. The second-order valence-corrected chi connectivity index (χ2v) is 11.7. The molecule has 0 atom stereocenters. The Hall–Kier alpha value is -3.95. The van der Waals surface area contributed by atoms with Crippen molar-refractivity contribution in [1.82, 2.24) is 24.5 Å². The number of unbranched alkanes of at least 4 members (excludes halogenated alkanes) is 1. The standard InChI is InChI=1S/C31H38FN5O4/c1-31(2,3)41-30(39)36-15-12-20(13-16-36)29-28-22(23-18-26-21(17-24(23)32)19-33-35(26)4)9-8-10-25(28)37(34-29)14-7-6-11-27(38)40-5/h8-10,17-20H,6-7,11-16H2,1-5H3. The van der Waals surface area contributed by atoms with Gasteiger partial charge in [-0.15, -0.1) is 0 Å². The van der Waals surface area contributed by atoms with Gasteiger partial charge in [0.2, 0.25) is 0 Å². The fourth-order valence-corrected chi connectivity index (χ4v) is 5.61. The van der Waals surface area contributed by atoms with Crippen LogP contribution in [0.3, 0.4) is 0 Å². The molecule has 41 heavy (non-hydrogen) atoms. The van der Waals surface area contributed by atoms with Gasteiger partial charge in [-0.1, -0.05) is 12.1 Å². The number of benzene rings is 2. The van der Waals surface area contributed by atoms with E-state index in [-0.39, 0.29) is 23.8 Å². The van der Waals surface area contributed by atoms with Gasteiger partial charge in [0.15, 0.2) is 0 Å². The van der Waals surface area contributed by atoms with Crippen LogP contribution in [0.25, 0.3) is 32.9 Å². The van der Waals surface area contributed by atoms with Crippen molar-refractivity contribution in [1.29, 1.82) is 0 Å². The largest absolute Gasteiger partial charge is 0.469 e. The van der Waals surface area contributed by atoms with Gasteiger partial charge in [0, 0.05) is 55.4 Å². The molecule has 1 aliphatic heterocycles. The molecule has 218 valence electrons. The zero-order chi connectivity index (χ0) is 29.3. The van der Waals surface area contributed by atoms with Crippen LogP contribution in [0, 0.1) is 5.82 Å². The van der Waals surface area contributed by atoms with Crippen LogP contribution < -0.4 is 0 Å². The second kappa shape index (κ2) is 11.5. The van der Waals surface area contributed by atoms with Crippen molar-refractivity contribution in [3.8, 4) is 11.1 Å². The number of ether oxygens (including phenoxy) is 2. The number of hydrogen-bond acceptors (Lipinski definition) is 6. The number of piperidine rings is 1. The maximum Gasteiger partial charge on any atom is 0.410 e. The van der Waals surface area contributed by atoms with E-state index >= 15 is 4.39 Å². The number of carbonyl (C=O) groups excluding carboxylic acids is 2. The number of aryl methyl sites for hydroxylation is 2. The van der Waals surface area contributed by atoms with Crippen LogP contribution in [0.4, 0.5) is 9.18 Å². The molecule has 10 heteroatoms. The summed E-state index contributed by atoms with van der Waals surface area (Å²) in [6.45, 7) is 7.34. The highest BCUT2D eigenvalue weighted by Crippen LogP contribution is 2.40. The highest BCUT2D eigenvalue weighted by atomic mass is 19.1. The molecule has 0 spiro atoms. The van der Waals surface area contributed by atoms with Gasteiger partial charge >= 0.3 is 12.1 Å². The van der Waals surface area contributed by atoms with E-state index in [0.29, 0.717) is 38.0 Å². The van der Waals surface area contributed by atoms with Crippen LogP contribution >= 0.6 is 0 Å². The summed E-state index contributed by atoms with van der Waals surface area (Å²) in [6, 6.07) is 9.30. The molecule has 4 aromatic rings. The smallest absolute Gasteiger partial charge is 0.410 e. The first-order valence-electron chi connectivity index (χ1n) is 14.2. The molecule has 0 bridgehead atoms. The molecule has 1 saturated heterocycles. The van der Waals surface area contributed by atoms with Crippen molar-refractivity contribution < 1.29 is 23.5 Å². The summed E-state index contributed by atoms with van der Waals surface area (Å²) in [5, 5.41) is 11.1. The third kappa shape index (κ3) is 6.06. The van der Waals surface area contributed by atoms with Crippen molar-refractivity contribution >= 4 is 33.9 Å². The van der Waals surface area contributed by atoms with Gasteiger partial charge < -0.3 is 14.4 Å². The summed E-state index contributed by atoms with van der Waals surface area (Å²) >= 11 is 0. The number of carbonyl (C=O) groups is 2. The molecule has 1 aliphatic rings. The summed E-state index contributed by atoms with van der Waals surface area (Å²) in [5.74, 6) is -0.442. The molecule has 2 aromatic heterocycles. The van der Waals surface area contributed by atoms with E-state index in [4.69, 9.17) is 14.6 Å². The first-order chi connectivity index (χ1) is 19.6. The predicted molar refractivity (Wildman–Crippen MR) is 155 cm³/mol. The minimum atomic E-state index is -0.551. The summed E-state index contributed by atoms with van der Waals surface area (Å²) in [4.78, 5) is 26.0. The van der Waals surface area contributed by atoms with E-state index in [1.165, 1.54) is 13.2 Å². The summed E-state index contributed by atoms with van der Waals surface area (Å²) < 4.78 is 29.7. The van der Waals surface area contributed by atoms with Gasteiger partial charge in [0.25, 0.3) is 0 Å². The fraction of sp³-hybridized carbons (Fsp3) is 0.484. The average Bonchev–Trinajstić information content (AvgIpc) is 3.49. The molecule has 0 aliphatic carbocycles. The average molecular weight is 564 g/mol. The lowest BCUT2D eigenvalue weighted by Gasteiger charge is -2.33. The number of fused-ring (bicyclic) bond motifs is 2. The van der Waals surface area contributed by atoms with Crippen LogP contribution in [0.15, 0.2) is 36.5 Å². The summed E-state index contributed by atoms with van der Waals surface area (Å²) in [6.07, 6.45) is 4.61. The van der Waals surface area contributed by atoms with Crippen LogP contribution in [0.5, 0.6) is 0 Å². The maximum atomic E-state index is 15.6. The quantitative estimate of drug-likeness (QED) is 0.197. The second-order valence-electron chi connectivity index (χ2n) is 11.7. The molecule has 9 nitrogen and oxygen atoms in total. The Morgan fingerprint density at radius 1 is 1.07 bits per heavy atom. The number of halogens is 1. The fourth-order valence-electron chi connectivity index (χ4n) is 5.61. The van der Waals surface area contributed by atoms with E-state index in [0.717, 1.165) is 52.3 Å². The number of rotatable bonds is 7. The van der Waals surface area contributed by atoms with Gasteiger partial charge in [-0.3, -0.25) is 14.2 Å². The van der Waals surface area contributed by atoms with Gasteiger partial charge in [0.1, 0.15) is 11.4 Å². The number of methoxy groups -OCH3 is 1. The van der Waals surface area contributed by atoms with Gasteiger partial charge in [-0.05, 0) is 70.2 Å². The van der Waals surface area contributed by atoms with Crippen molar-refractivity contribution in [3.05, 3.63) is 48.0 Å². The summed E-state index contributed by atoms with van der Waals surface area (Å²) in [7, 11) is 3.24. The lowest BCUT2D eigenvalue weighted by atomic mass is 9.89. The maximum absolute atomic E-state index is 15.6. The topological polar surface area (TPSA) is 91.5 Å². The summed E-state index contributed by atoms with van der Waals surface area (Å²) in [5.41, 5.74) is 3.43. The Kier molecular flexibility index (Phi) is 8.02. The van der Waals surface area contributed by atoms with Gasteiger partial charge in [-0.25, -0.2) is 9.18 Å². The number of hydrogen-bond donors (Lipinski definition) is 0. The molecular weight excluding hydrogens is 525 g/mol. The third-order valence-corrected chi connectivity index (χ3v) is 7.69. The van der Waals surface area contributed by atoms with E-state index in [9.17, 15) is 9.59 Å². The lowest BCUT2D eigenvalue weighted by Crippen LogP contribution is -2.41. The van der Waals surface area contributed by atoms with Crippen molar-refractivity contribution in [3.63, 3.8) is 0 Å². The monoisotopic (exact) mass is 563 g/mol. The Balaban J connectivity index is 1.51. The first kappa shape index (κ1) is 28.6. The van der Waals surface area contributed by atoms with E-state index in [1.807, 2.05) is 56.8 Å². The van der Waals surface area contributed by atoms with Gasteiger partial charge in [-0.2, -0.15) is 10.2 Å². The number of esters is 1.